The van der Waals surface area contributed by atoms with Crippen molar-refractivity contribution in [3.05, 3.63) is 38.2 Å². The summed E-state index contributed by atoms with van der Waals surface area (Å²) in [4.78, 5) is 46.8. The lowest BCUT2D eigenvalue weighted by Crippen LogP contribution is -2.51. The fraction of sp³-hybridized carbons (Fsp3) is 0.619. The normalized spacial score (nSPS) is 16.4. The van der Waals surface area contributed by atoms with E-state index >= 15 is 0 Å². The van der Waals surface area contributed by atoms with Crippen molar-refractivity contribution < 1.29 is 9.53 Å². The third-order valence-electron chi connectivity index (χ3n) is 5.68. The van der Waals surface area contributed by atoms with E-state index in [1.54, 1.807) is 6.07 Å². The number of carbonyl (C=O) groups is 1. The molecule has 2 N–H and O–H groups in total. The minimum Gasteiger partial charge on any atom is -0.379 e. The van der Waals surface area contributed by atoms with Crippen LogP contribution >= 0.6 is 0 Å². The first kappa shape index (κ1) is 22.2. The molecule has 1 amide bonds. The SMILES string of the molecule is CC(C)c1cc(C(=O)NC[C@H](C(C)C)N2CCOCC2)c2c(=O)[nH]c(=O)n(C)c2n1. The topological polar surface area (TPSA) is 109 Å². The Morgan fingerprint density at radius 1 is 1.23 bits per heavy atom. The number of H-pyrrole nitrogens is 1. The largest absolute Gasteiger partial charge is 0.379 e. The summed E-state index contributed by atoms with van der Waals surface area (Å²) in [5.41, 5.74) is -0.0466. The van der Waals surface area contributed by atoms with Crippen molar-refractivity contribution >= 4 is 16.9 Å². The van der Waals surface area contributed by atoms with E-state index in [9.17, 15) is 14.4 Å². The molecule has 0 radical (unpaired) electrons. The van der Waals surface area contributed by atoms with Crippen LogP contribution in [0.1, 0.15) is 49.7 Å². The number of hydrogen-bond donors (Lipinski definition) is 2. The van der Waals surface area contributed by atoms with Gasteiger partial charge in [0.2, 0.25) is 0 Å². The van der Waals surface area contributed by atoms with Crippen LogP contribution in [0, 0.1) is 5.92 Å². The van der Waals surface area contributed by atoms with Crippen LogP contribution in [-0.2, 0) is 11.8 Å². The van der Waals surface area contributed by atoms with Gasteiger partial charge in [-0.3, -0.25) is 24.0 Å². The molecule has 3 rings (SSSR count). The van der Waals surface area contributed by atoms with Crippen molar-refractivity contribution in [2.45, 2.75) is 39.7 Å². The molecule has 1 atom stereocenters. The van der Waals surface area contributed by atoms with Gasteiger partial charge in [-0.15, -0.1) is 0 Å². The second-order valence-electron chi connectivity index (χ2n) is 8.44. The number of aryl methyl sites for hydroxylation is 1. The zero-order valence-electron chi connectivity index (χ0n) is 18.3. The van der Waals surface area contributed by atoms with Gasteiger partial charge in [0.25, 0.3) is 11.5 Å². The highest BCUT2D eigenvalue weighted by Crippen LogP contribution is 2.20. The van der Waals surface area contributed by atoms with Gasteiger partial charge in [-0.25, -0.2) is 9.78 Å². The van der Waals surface area contributed by atoms with Crippen molar-refractivity contribution in [2.75, 3.05) is 32.8 Å². The van der Waals surface area contributed by atoms with Crippen LogP contribution in [0.5, 0.6) is 0 Å². The molecule has 0 bridgehead atoms. The van der Waals surface area contributed by atoms with Gasteiger partial charge in [-0.05, 0) is 17.9 Å². The Bertz CT molecular complexity index is 1030. The maximum Gasteiger partial charge on any atom is 0.329 e. The minimum atomic E-state index is -0.602. The molecule has 1 aliphatic heterocycles. The highest BCUT2D eigenvalue weighted by atomic mass is 16.5. The molecule has 164 valence electrons. The molecule has 2 aromatic rings. The second kappa shape index (κ2) is 9.09. The average Bonchev–Trinajstić information content (AvgIpc) is 2.71. The van der Waals surface area contributed by atoms with E-state index in [2.05, 4.69) is 34.0 Å². The summed E-state index contributed by atoms with van der Waals surface area (Å²) in [5, 5.41) is 3.14. The van der Waals surface area contributed by atoms with Crippen molar-refractivity contribution in [3.8, 4) is 0 Å². The van der Waals surface area contributed by atoms with Crippen LogP contribution < -0.4 is 16.6 Å². The Labute approximate surface area is 175 Å². The molecule has 9 nitrogen and oxygen atoms in total. The number of ether oxygens (including phenoxy) is 1. The molecule has 30 heavy (non-hydrogen) atoms. The number of nitrogens with zero attached hydrogens (tertiary/aromatic N) is 3. The molecule has 1 fully saturated rings. The van der Waals surface area contributed by atoms with E-state index < -0.39 is 11.2 Å². The quantitative estimate of drug-likeness (QED) is 0.721. The number of amides is 1. The monoisotopic (exact) mass is 417 g/mol. The molecule has 3 heterocycles. The van der Waals surface area contributed by atoms with Gasteiger partial charge in [-0.2, -0.15) is 0 Å². The predicted molar refractivity (Wildman–Crippen MR) is 115 cm³/mol. The highest BCUT2D eigenvalue weighted by molar-refractivity contribution is 6.05. The lowest BCUT2D eigenvalue weighted by Gasteiger charge is -2.36. The summed E-state index contributed by atoms with van der Waals surface area (Å²) in [6.45, 7) is 11.7. The fourth-order valence-corrected chi connectivity index (χ4v) is 3.82. The standard InChI is InChI=1S/C21H31N5O4/c1-12(2)15-10-14(17-18(23-15)25(5)21(29)24-20(17)28)19(27)22-11-16(13(3)4)26-6-8-30-9-7-26/h10,12-13,16H,6-9,11H2,1-5H3,(H,22,27)(H,24,28,29)/t16-/m1/s1. The van der Waals surface area contributed by atoms with E-state index in [0.29, 0.717) is 31.4 Å². The number of morpholine rings is 1. The molecular formula is C21H31N5O4. The van der Waals surface area contributed by atoms with Gasteiger partial charge in [0.1, 0.15) is 5.65 Å². The first-order chi connectivity index (χ1) is 14.2. The molecule has 1 aliphatic rings. The van der Waals surface area contributed by atoms with Crippen LogP contribution in [0.4, 0.5) is 0 Å². The van der Waals surface area contributed by atoms with Crippen molar-refractivity contribution in [2.24, 2.45) is 13.0 Å². The zero-order valence-corrected chi connectivity index (χ0v) is 18.3. The molecule has 0 spiro atoms. The summed E-state index contributed by atoms with van der Waals surface area (Å²) >= 11 is 0. The average molecular weight is 418 g/mol. The fourth-order valence-electron chi connectivity index (χ4n) is 3.82. The first-order valence-electron chi connectivity index (χ1n) is 10.4. The number of carbonyl (C=O) groups excluding carboxylic acids is 1. The number of nitrogens with one attached hydrogen (secondary N) is 2. The van der Waals surface area contributed by atoms with Crippen LogP contribution in [0.25, 0.3) is 11.0 Å². The molecule has 0 aliphatic carbocycles. The summed E-state index contributed by atoms with van der Waals surface area (Å²) in [6, 6.07) is 1.82. The van der Waals surface area contributed by atoms with Crippen molar-refractivity contribution in [1.29, 1.82) is 0 Å². The van der Waals surface area contributed by atoms with Crippen molar-refractivity contribution in [3.63, 3.8) is 0 Å². The van der Waals surface area contributed by atoms with Gasteiger partial charge in [-0.1, -0.05) is 27.7 Å². The number of fused-ring (bicyclic) bond motifs is 1. The molecular weight excluding hydrogens is 386 g/mol. The van der Waals surface area contributed by atoms with Gasteiger partial charge in [0, 0.05) is 38.4 Å². The van der Waals surface area contributed by atoms with Crippen LogP contribution in [0.2, 0.25) is 0 Å². The van der Waals surface area contributed by atoms with E-state index in [1.165, 1.54) is 11.6 Å². The highest BCUT2D eigenvalue weighted by Gasteiger charge is 2.25. The molecule has 0 unspecified atom stereocenters. The van der Waals surface area contributed by atoms with Crippen LogP contribution in [0.3, 0.4) is 0 Å². The van der Waals surface area contributed by atoms with Crippen LogP contribution in [-0.4, -0.2) is 64.2 Å². The molecule has 0 aromatic carbocycles. The Balaban J connectivity index is 1.96. The zero-order chi connectivity index (χ0) is 22.0. The number of pyridine rings is 1. The second-order valence-corrected chi connectivity index (χ2v) is 8.44. The Morgan fingerprint density at radius 3 is 2.50 bits per heavy atom. The van der Waals surface area contributed by atoms with Gasteiger partial charge >= 0.3 is 5.69 Å². The minimum absolute atomic E-state index is 0.0344. The Kier molecular flexibility index (Phi) is 6.72. The number of aromatic amines is 1. The summed E-state index contributed by atoms with van der Waals surface area (Å²) < 4.78 is 6.71. The summed E-state index contributed by atoms with van der Waals surface area (Å²) in [7, 11) is 1.53. The molecule has 0 saturated carbocycles. The summed E-state index contributed by atoms with van der Waals surface area (Å²) in [6.07, 6.45) is 0. The molecule has 9 heteroatoms. The Morgan fingerprint density at radius 2 is 1.90 bits per heavy atom. The third-order valence-corrected chi connectivity index (χ3v) is 5.68. The summed E-state index contributed by atoms with van der Waals surface area (Å²) in [5.74, 6) is 0.0347. The first-order valence-corrected chi connectivity index (χ1v) is 10.4. The molecule has 2 aromatic heterocycles. The van der Waals surface area contributed by atoms with E-state index in [4.69, 9.17) is 4.74 Å². The predicted octanol–water partition coefficient (Wildman–Crippen LogP) is 0.832. The van der Waals surface area contributed by atoms with E-state index in [0.717, 1.165) is 13.1 Å². The Hall–Kier alpha value is -2.52. The van der Waals surface area contributed by atoms with E-state index in [1.807, 2.05) is 13.8 Å². The number of hydrogen-bond acceptors (Lipinski definition) is 6. The van der Waals surface area contributed by atoms with Gasteiger partial charge in [0.05, 0.1) is 24.2 Å². The number of aromatic nitrogens is 3. The lowest BCUT2D eigenvalue weighted by atomic mass is 10.0. The lowest BCUT2D eigenvalue weighted by molar-refractivity contribution is 0.00673. The smallest absolute Gasteiger partial charge is 0.329 e. The van der Waals surface area contributed by atoms with Crippen molar-refractivity contribution in [1.82, 2.24) is 24.8 Å². The van der Waals surface area contributed by atoms with Gasteiger partial charge < -0.3 is 10.1 Å². The number of rotatable bonds is 6. The van der Waals surface area contributed by atoms with E-state index in [-0.39, 0.29) is 34.5 Å². The maximum absolute atomic E-state index is 13.2. The maximum atomic E-state index is 13.2. The molecule has 1 saturated heterocycles. The van der Waals surface area contributed by atoms with Gasteiger partial charge in [0.15, 0.2) is 0 Å². The van der Waals surface area contributed by atoms with Crippen LogP contribution in [0.15, 0.2) is 15.7 Å². The third kappa shape index (κ3) is 4.46.